The van der Waals surface area contributed by atoms with Crippen molar-refractivity contribution < 1.29 is 38.1 Å². The fourth-order valence-corrected chi connectivity index (χ4v) is 9.29. The first-order valence-corrected chi connectivity index (χ1v) is 22.5. The Bertz CT molecular complexity index is 2510. The first kappa shape index (κ1) is 45.3. The van der Waals surface area contributed by atoms with Crippen LogP contribution in [0.5, 0.6) is 0 Å². The maximum Gasteiger partial charge on any atom is 0.407 e. The summed E-state index contributed by atoms with van der Waals surface area (Å²) in [5.41, 5.74) is 5.88. The topological polar surface area (TPSA) is 193 Å². The number of hydrogen-bond acceptors (Lipinski definition) is 10. The second-order valence-electron chi connectivity index (χ2n) is 18.3. The van der Waals surface area contributed by atoms with Crippen LogP contribution in [0.15, 0.2) is 73.1 Å². The molecule has 1 saturated carbocycles. The lowest BCUT2D eigenvalue weighted by molar-refractivity contribution is -0.136. The van der Waals surface area contributed by atoms with E-state index in [1.54, 1.807) is 18.2 Å². The van der Waals surface area contributed by atoms with Crippen molar-refractivity contribution in [3.8, 4) is 33.6 Å². The second-order valence-corrected chi connectivity index (χ2v) is 18.3. The molecule has 8 rings (SSSR count). The molecule has 2 saturated heterocycles. The summed E-state index contributed by atoms with van der Waals surface area (Å²) in [6.07, 6.45) is 5.66. The molecule has 2 aromatic heterocycles. The minimum atomic E-state index is -0.780. The van der Waals surface area contributed by atoms with Crippen LogP contribution in [0.1, 0.15) is 77.1 Å². The summed E-state index contributed by atoms with van der Waals surface area (Å²) in [5, 5.41) is 7.64. The van der Waals surface area contributed by atoms with E-state index in [1.165, 1.54) is 14.2 Å². The molecule has 65 heavy (non-hydrogen) atoms. The van der Waals surface area contributed by atoms with E-state index in [9.17, 15) is 19.2 Å². The molecule has 1 spiro atoms. The van der Waals surface area contributed by atoms with Gasteiger partial charge in [0.05, 0.1) is 69.4 Å². The Hall–Kier alpha value is -6.26. The molecule has 3 aromatic carbocycles. The number of hydrogen-bond donors (Lipinski definition) is 4. The minimum absolute atomic E-state index is 0.111. The molecule has 16 heteroatoms. The van der Waals surface area contributed by atoms with Crippen LogP contribution < -0.4 is 10.6 Å². The highest BCUT2D eigenvalue weighted by molar-refractivity contribution is 5.91. The number of likely N-dealkylation sites (tertiary alicyclic amines) is 2. The maximum atomic E-state index is 14.0. The molecule has 2 aliphatic heterocycles. The minimum Gasteiger partial charge on any atom is -0.453 e. The summed E-state index contributed by atoms with van der Waals surface area (Å²) in [7, 11) is 4.20. The molecule has 4 heterocycles. The van der Waals surface area contributed by atoms with E-state index in [0.29, 0.717) is 38.5 Å². The van der Waals surface area contributed by atoms with E-state index in [0.717, 1.165) is 69.5 Å². The van der Waals surface area contributed by atoms with E-state index in [2.05, 4.69) is 81.3 Å². The van der Waals surface area contributed by atoms with Gasteiger partial charge in [0, 0.05) is 32.2 Å². The number of benzene rings is 3. The van der Waals surface area contributed by atoms with Gasteiger partial charge in [-0.15, -0.1) is 0 Å². The van der Waals surface area contributed by atoms with Gasteiger partial charge in [0.1, 0.15) is 23.7 Å². The van der Waals surface area contributed by atoms with E-state index in [-0.39, 0.29) is 47.3 Å². The number of carbonyl (C=O) groups excluding carboxylic acids is 4. The van der Waals surface area contributed by atoms with Crippen molar-refractivity contribution in [1.82, 2.24) is 40.4 Å². The number of carbonyl (C=O) groups is 4. The summed E-state index contributed by atoms with van der Waals surface area (Å²) in [6, 6.07) is 19.0. The van der Waals surface area contributed by atoms with Crippen molar-refractivity contribution in [1.29, 1.82) is 0 Å². The molecule has 344 valence electrons. The van der Waals surface area contributed by atoms with Gasteiger partial charge in [0.2, 0.25) is 11.8 Å². The average molecular weight is 889 g/mol. The Labute approximate surface area is 379 Å². The molecule has 4 N–H and O–H groups in total. The van der Waals surface area contributed by atoms with Gasteiger partial charge in [-0.3, -0.25) is 9.59 Å². The van der Waals surface area contributed by atoms with Crippen LogP contribution in [0.4, 0.5) is 9.59 Å². The molecule has 5 atom stereocenters. The molecular weight excluding hydrogens is 829 g/mol. The lowest BCUT2D eigenvalue weighted by Crippen LogP contribution is -2.51. The Morgan fingerprint density at radius 3 is 1.78 bits per heavy atom. The van der Waals surface area contributed by atoms with Crippen molar-refractivity contribution in [2.45, 2.75) is 83.6 Å². The largest absolute Gasteiger partial charge is 0.453 e. The number of fused-ring (bicyclic) bond motifs is 1. The summed E-state index contributed by atoms with van der Waals surface area (Å²) in [6.45, 7) is 9.45. The number of amides is 4. The number of aromatic nitrogens is 4. The highest BCUT2D eigenvalue weighted by Gasteiger charge is 2.55. The predicted molar refractivity (Wildman–Crippen MR) is 244 cm³/mol. The zero-order valence-corrected chi connectivity index (χ0v) is 38.2. The van der Waals surface area contributed by atoms with Gasteiger partial charge < -0.3 is 49.3 Å². The number of imidazole rings is 2. The van der Waals surface area contributed by atoms with Gasteiger partial charge in [0.15, 0.2) is 0 Å². The first-order valence-electron chi connectivity index (χ1n) is 22.5. The highest BCUT2D eigenvalue weighted by atomic mass is 16.5. The first-order chi connectivity index (χ1) is 31.3. The highest BCUT2D eigenvalue weighted by Crippen LogP contribution is 2.58. The normalized spacial score (nSPS) is 19.8. The fraction of sp³-hybridized carbons (Fsp3) is 0.469. The van der Waals surface area contributed by atoms with Crippen LogP contribution in [-0.2, 0) is 28.5 Å². The van der Waals surface area contributed by atoms with E-state index >= 15 is 0 Å². The zero-order chi connectivity index (χ0) is 46.0. The number of aromatic amines is 2. The summed E-state index contributed by atoms with van der Waals surface area (Å²) in [5.74, 6) is 0.766. The SMILES string of the molecule is COCCOC1CC(c2ncc(-c3ccc(-c4ccc5cc(-c6cnc(C7CC8(CC8)CN7C(=O)C(NC(=O)OC)C(C)C)[nH]6)ccc5c4)cc3)[nH]2)N(C(=O)C(NC(=O)OC)C(C)C)C1. The lowest BCUT2D eigenvalue weighted by atomic mass is 9.98. The van der Waals surface area contributed by atoms with Crippen LogP contribution in [0, 0.1) is 17.3 Å². The number of nitrogens with one attached hydrogen (secondary N) is 4. The van der Waals surface area contributed by atoms with Gasteiger partial charge in [-0.25, -0.2) is 19.6 Å². The molecule has 0 radical (unpaired) electrons. The molecule has 1 aliphatic carbocycles. The third-order valence-corrected chi connectivity index (χ3v) is 13.2. The van der Waals surface area contributed by atoms with Crippen molar-refractivity contribution in [3.63, 3.8) is 0 Å². The van der Waals surface area contributed by atoms with Gasteiger partial charge in [0.25, 0.3) is 0 Å². The van der Waals surface area contributed by atoms with Crippen molar-refractivity contribution >= 4 is 34.8 Å². The van der Waals surface area contributed by atoms with Crippen molar-refractivity contribution in [3.05, 3.63) is 84.7 Å². The van der Waals surface area contributed by atoms with Crippen molar-refractivity contribution in [2.75, 3.05) is 47.6 Å². The molecule has 16 nitrogen and oxygen atoms in total. The third kappa shape index (κ3) is 9.74. The van der Waals surface area contributed by atoms with Crippen LogP contribution in [0.25, 0.3) is 44.4 Å². The molecule has 3 fully saturated rings. The van der Waals surface area contributed by atoms with Crippen molar-refractivity contribution in [2.24, 2.45) is 17.3 Å². The van der Waals surface area contributed by atoms with Crippen LogP contribution in [0.3, 0.4) is 0 Å². The van der Waals surface area contributed by atoms with E-state index < -0.39 is 24.3 Å². The smallest absolute Gasteiger partial charge is 0.407 e. The van der Waals surface area contributed by atoms with Gasteiger partial charge in [-0.05, 0) is 76.1 Å². The Balaban J connectivity index is 0.962. The third-order valence-electron chi connectivity index (χ3n) is 13.2. The molecule has 3 aliphatic rings. The van der Waals surface area contributed by atoms with Gasteiger partial charge >= 0.3 is 12.2 Å². The maximum absolute atomic E-state index is 14.0. The predicted octanol–water partition coefficient (Wildman–Crippen LogP) is 7.41. The molecule has 5 unspecified atom stereocenters. The number of nitrogens with zero attached hydrogens (tertiary/aromatic N) is 4. The number of rotatable bonds is 15. The van der Waals surface area contributed by atoms with Gasteiger partial charge in [-0.2, -0.15) is 0 Å². The number of methoxy groups -OCH3 is 3. The zero-order valence-electron chi connectivity index (χ0n) is 38.2. The monoisotopic (exact) mass is 888 g/mol. The fourth-order valence-electron chi connectivity index (χ4n) is 9.29. The quantitative estimate of drug-likeness (QED) is 0.0770. The number of alkyl carbamates (subject to hydrolysis) is 2. The molecule has 5 aromatic rings. The standard InChI is InChI=1S/C49H60N8O8/c1-28(2)41(54-47(60)63-6)45(58)56-26-36(65-19-18-62-5)22-39(56)43-50-24-37(52-43)31-10-8-30(9-11-31)32-12-13-34-21-35(15-14-33(34)20-32)38-25-51-44(53-38)40-23-49(16-17-49)27-57(40)46(59)42(29(3)4)55-48(61)64-7/h8-15,20-21,24-25,28-29,36,39-42H,16-19,22-23,26-27H2,1-7H3,(H,50,52)(H,51,53)(H,54,60)(H,55,61). The summed E-state index contributed by atoms with van der Waals surface area (Å²) >= 11 is 0. The molecule has 0 bridgehead atoms. The molecular formula is C49H60N8O8. The van der Waals surface area contributed by atoms with Gasteiger partial charge in [-0.1, -0.05) is 76.2 Å². The van der Waals surface area contributed by atoms with Crippen LogP contribution in [-0.4, -0.2) is 120 Å². The lowest BCUT2D eigenvalue weighted by Gasteiger charge is -2.30. The Morgan fingerprint density at radius 2 is 1.22 bits per heavy atom. The average Bonchev–Trinajstić information content (AvgIpc) is 3.80. The number of ether oxygens (including phenoxy) is 4. The van der Waals surface area contributed by atoms with E-state index in [4.69, 9.17) is 28.9 Å². The Kier molecular flexibility index (Phi) is 13.3. The van der Waals surface area contributed by atoms with Crippen LogP contribution >= 0.6 is 0 Å². The number of H-pyrrole nitrogens is 2. The second kappa shape index (κ2) is 19.1. The summed E-state index contributed by atoms with van der Waals surface area (Å²) in [4.78, 5) is 72.4. The molecule has 4 amide bonds. The summed E-state index contributed by atoms with van der Waals surface area (Å²) < 4.78 is 20.9. The Morgan fingerprint density at radius 1 is 0.692 bits per heavy atom. The van der Waals surface area contributed by atoms with Crippen LogP contribution in [0.2, 0.25) is 0 Å². The van der Waals surface area contributed by atoms with E-state index in [1.807, 2.05) is 38.8 Å².